The van der Waals surface area contributed by atoms with Crippen LogP contribution in [0.3, 0.4) is 0 Å². The van der Waals surface area contributed by atoms with Crippen LogP contribution < -0.4 is 14.8 Å². The highest BCUT2D eigenvalue weighted by Gasteiger charge is 2.11. The summed E-state index contributed by atoms with van der Waals surface area (Å²) in [5.41, 5.74) is 1.06. The van der Waals surface area contributed by atoms with E-state index in [1.54, 1.807) is 0 Å². The van der Waals surface area contributed by atoms with E-state index in [9.17, 15) is 0 Å². The molecule has 0 saturated carbocycles. The molecular formula is C14H15NO2S. The lowest BCUT2D eigenvalue weighted by molar-refractivity contribution is 0.171. The van der Waals surface area contributed by atoms with Crippen molar-refractivity contribution in [3.63, 3.8) is 0 Å². The van der Waals surface area contributed by atoms with Gasteiger partial charge in [-0.25, -0.2) is 0 Å². The molecule has 18 heavy (non-hydrogen) atoms. The van der Waals surface area contributed by atoms with Crippen molar-refractivity contribution in [3.8, 4) is 11.5 Å². The van der Waals surface area contributed by atoms with Gasteiger partial charge in [0.15, 0.2) is 11.5 Å². The zero-order chi connectivity index (χ0) is 12.4. The number of anilines is 1. The Balaban J connectivity index is 1.69. The van der Waals surface area contributed by atoms with Crippen molar-refractivity contribution in [2.75, 3.05) is 18.5 Å². The van der Waals surface area contributed by atoms with Gasteiger partial charge in [0.25, 0.3) is 0 Å². The first-order chi connectivity index (χ1) is 8.81. The molecular weight excluding hydrogens is 246 g/mol. The van der Waals surface area contributed by atoms with E-state index >= 15 is 0 Å². The first-order valence-electron chi connectivity index (χ1n) is 6.00. The summed E-state index contributed by atoms with van der Waals surface area (Å²) in [5, 5.41) is 3.40. The molecule has 1 aliphatic heterocycles. The Bertz CT molecular complexity index is 550. The van der Waals surface area contributed by atoms with Crippen molar-refractivity contribution in [1.29, 1.82) is 0 Å². The van der Waals surface area contributed by atoms with Gasteiger partial charge in [-0.3, -0.25) is 0 Å². The van der Waals surface area contributed by atoms with Crippen molar-refractivity contribution < 1.29 is 9.47 Å². The highest BCUT2D eigenvalue weighted by molar-refractivity contribution is 7.11. The van der Waals surface area contributed by atoms with E-state index in [0.717, 1.165) is 23.7 Å². The zero-order valence-electron chi connectivity index (χ0n) is 10.2. The van der Waals surface area contributed by atoms with Gasteiger partial charge in [-0.1, -0.05) is 0 Å². The second-order valence-corrected chi connectivity index (χ2v) is 5.60. The third-order valence-electron chi connectivity index (χ3n) is 2.80. The van der Waals surface area contributed by atoms with Gasteiger partial charge in [0.1, 0.15) is 13.2 Å². The SMILES string of the molecule is Cc1ccc(CNc2ccc3c(c2)OCCO3)s1. The molecule has 1 aromatic heterocycles. The van der Waals surface area contributed by atoms with Crippen LogP contribution in [0, 0.1) is 6.92 Å². The minimum Gasteiger partial charge on any atom is -0.486 e. The third kappa shape index (κ3) is 2.43. The topological polar surface area (TPSA) is 30.5 Å². The molecule has 4 heteroatoms. The molecule has 3 rings (SSSR count). The van der Waals surface area contributed by atoms with E-state index in [1.807, 2.05) is 29.5 Å². The van der Waals surface area contributed by atoms with E-state index < -0.39 is 0 Å². The molecule has 0 atom stereocenters. The molecule has 3 nitrogen and oxygen atoms in total. The Hall–Kier alpha value is -1.68. The summed E-state index contributed by atoms with van der Waals surface area (Å²) in [4.78, 5) is 2.68. The minimum atomic E-state index is 0.626. The lowest BCUT2D eigenvalue weighted by Crippen LogP contribution is -2.15. The Morgan fingerprint density at radius 2 is 1.94 bits per heavy atom. The molecule has 0 amide bonds. The van der Waals surface area contributed by atoms with Gasteiger partial charge in [-0.05, 0) is 31.2 Å². The first-order valence-corrected chi connectivity index (χ1v) is 6.82. The molecule has 2 aromatic rings. The van der Waals surface area contributed by atoms with Gasteiger partial charge < -0.3 is 14.8 Å². The van der Waals surface area contributed by atoms with Crippen LogP contribution in [0.5, 0.6) is 11.5 Å². The maximum absolute atomic E-state index is 5.56. The van der Waals surface area contributed by atoms with Gasteiger partial charge in [0, 0.05) is 28.1 Å². The molecule has 0 unspecified atom stereocenters. The molecule has 0 aliphatic carbocycles. The van der Waals surface area contributed by atoms with Crippen molar-refractivity contribution in [2.24, 2.45) is 0 Å². The highest BCUT2D eigenvalue weighted by atomic mass is 32.1. The van der Waals surface area contributed by atoms with Crippen molar-refractivity contribution in [2.45, 2.75) is 13.5 Å². The summed E-state index contributed by atoms with van der Waals surface area (Å²) in [6, 6.07) is 10.3. The van der Waals surface area contributed by atoms with Crippen LogP contribution in [0.25, 0.3) is 0 Å². The predicted molar refractivity (Wildman–Crippen MR) is 73.8 cm³/mol. The molecule has 0 spiro atoms. The summed E-state index contributed by atoms with van der Waals surface area (Å²) in [6.45, 7) is 4.23. The average Bonchev–Trinajstić information content (AvgIpc) is 2.82. The molecule has 0 fully saturated rings. The van der Waals surface area contributed by atoms with Gasteiger partial charge in [-0.15, -0.1) is 11.3 Å². The number of thiophene rings is 1. The zero-order valence-corrected chi connectivity index (χ0v) is 11.0. The monoisotopic (exact) mass is 261 g/mol. The Morgan fingerprint density at radius 1 is 1.11 bits per heavy atom. The van der Waals surface area contributed by atoms with Crippen LogP contribution in [0.4, 0.5) is 5.69 Å². The summed E-state index contributed by atoms with van der Waals surface area (Å²) < 4.78 is 11.1. The van der Waals surface area contributed by atoms with E-state index in [4.69, 9.17) is 9.47 Å². The van der Waals surface area contributed by atoms with Crippen LogP contribution in [-0.4, -0.2) is 13.2 Å². The van der Waals surface area contributed by atoms with Crippen molar-refractivity contribution in [1.82, 2.24) is 0 Å². The largest absolute Gasteiger partial charge is 0.486 e. The molecule has 0 bridgehead atoms. The molecule has 94 valence electrons. The standard InChI is InChI=1S/C14H15NO2S/c1-10-2-4-12(18-10)9-15-11-3-5-13-14(8-11)17-7-6-16-13/h2-5,8,15H,6-7,9H2,1H3. The van der Waals surface area contributed by atoms with Gasteiger partial charge >= 0.3 is 0 Å². The number of benzene rings is 1. The molecule has 0 radical (unpaired) electrons. The second kappa shape index (κ2) is 4.90. The fourth-order valence-electron chi connectivity index (χ4n) is 1.92. The normalized spacial score (nSPS) is 13.4. The Kier molecular flexibility index (Phi) is 3.11. The van der Waals surface area contributed by atoms with E-state index in [2.05, 4.69) is 24.4 Å². The summed E-state index contributed by atoms with van der Waals surface area (Å²) >= 11 is 1.82. The smallest absolute Gasteiger partial charge is 0.163 e. The summed E-state index contributed by atoms with van der Waals surface area (Å²) in [6.07, 6.45) is 0. The maximum atomic E-state index is 5.56. The number of hydrogen-bond donors (Lipinski definition) is 1. The number of fused-ring (bicyclic) bond motifs is 1. The van der Waals surface area contributed by atoms with E-state index in [-0.39, 0.29) is 0 Å². The number of ether oxygens (including phenoxy) is 2. The Morgan fingerprint density at radius 3 is 2.72 bits per heavy atom. The quantitative estimate of drug-likeness (QED) is 0.918. The number of aryl methyl sites for hydroxylation is 1. The van der Waals surface area contributed by atoms with Crippen LogP contribution in [-0.2, 0) is 6.54 Å². The van der Waals surface area contributed by atoms with Crippen molar-refractivity contribution >= 4 is 17.0 Å². The fraction of sp³-hybridized carbons (Fsp3) is 0.286. The van der Waals surface area contributed by atoms with Crippen molar-refractivity contribution in [3.05, 3.63) is 40.1 Å². The second-order valence-electron chi connectivity index (χ2n) is 4.22. The molecule has 1 N–H and O–H groups in total. The number of hydrogen-bond acceptors (Lipinski definition) is 4. The summed E-state index contributed by atoms with van der Waals surface area (Å²) in [5.74, 6) is 1.66. The van der Waals surface area contributed by atoms with Crippen LogP contribution in [0.1, 0.15) is 9.75 Å². The molecule has 2 heterocycles. The number of nitrogens with one attached hydrogen (secondary N) is 1. The van der Waals surface area contributed by atoms with Crippen LogP contribution in [0.2, 0.25) is 0 Å². The third-order valence-corrected chi connectivity index (χ3v) is 3.81. The lowest BCUT2D eigenvalue weighted by Gasteiger charge is -2.19. The molecule has 1 aromatic carbocycles. The van der Waals surface area contributed by atoms with E-state index in [0.29, 0.717) is 13.2 Å². The van der Waals surface area contributed by atoms with E-state index in [1.165, 1.54) is 9.75 Å². The number of rotatable bonds is 3. The molecule has 0 saturated heterocycles. The minimum absolute atomic E-state index is 0.626. The first kappa shape index (κ1) is 11.4. The van der Waals surface area contributed by atoms with Crippen LogP contribution in [0.15, 0.2) is 30.3 Å². The van der Waals surface area contributed by atoms with Gasteiger partial charge in [0.05, 0.1) is 0 Å². The van der Waals surface area contributed by atoms with Gasteiger partial charge in [0.2, 0.25) is 0 Å². The average molecular weight is 261 g/mol. The predicted octanol–water partition coefficient (Wildman–Crippen LogP) is 3.44. The highest BCUT2D eigenvalue weighted by Crippen LogP contribution is 2.32. The van der Waals surface area contributed by atoms with Gasteiger partial charge in [-0.2, -0.15) is 0 Å². The van der Waals surface area contributed by atoms with Crippen LogP contribution >= 0.6 is 11.3 Å². The fourth-order valence-corrected chi connectivity index (χ4v) is 2.75. The lowest BCUT2D eigenvalue weighted by atomic mass is 10.2. The maximum Gasteiger partial charge on any atom is 0.163 e. The molecule has 1 aliphatic rings. The Labute approximate surface area is 110 Å². The summed E-state index contributed by atoms with van der Waals surface area (Å²) in [7, 11) is 0.